The number of carboxylic acid groups (broad SMARTS) is 1. The number of nitrogens with one attached hydrogen (secondary N) is 1. The highest BCUT2D eigenvalue weighted by Gasteiger charge is 2.17. The van der Waals surface area contributed by atoms with Crippen molar-refractivity contribution in [1.29, 1.82) is 0 Å². The molecule has 0 bridgehead atoms. The maximum absolute atomic E-state index is 11.2. The van der Waals surface area contributed by atoms with E-state index >= 15 is 0 Å². The summed E-state index contributed by atoms with van der Waals surface area (Å²) >= 11 is 0. The Hall–Kier alpha value is -1.86. The second-order valence-electron chi connectivity index (χ2n) is 3.23. The fourth-order valence-corrected chi connectivity index (χ4v) is 2.24. The summed E-state index contributed by atoms with van der Waals surface area (Å²) in [5.41, 5.74) is 0.256. The van der Waals surface area contributed by atoms with E-state index in [4.69, 9.17) is 10.2 Å². The summed E-state index contributed by atoms with van der Waals surface area (Å²) in [4.78, 5) is 13.4. The van der Waals surface area contributed by atoms with Crippen molar-refractivity contribution in [3.63, 3.8) is 0 Å². The molecule has 0 unspecified atom stereocenters. The Labute approximate surface area is 90.7 Å². The Morgan fingerprint density at radius 2 is 2.06 bits per heavy atom. The number of fused-ring (bicyclic) bond motifs is 1. The maximum Gasteiger partial charge on any atom is 0.337 e. The molecule has 0 radical (unpaired) electrons. The van der Waals surface area contributed by atoms with Crippen LogP contribution < -0.4 is 5.14 Å². The van der Waals surface area contributed by atoms with Crippen molar-refractivity contribution < 1.29 is 18.3 Å². The predicted octanol–water partition coefficient (Wildman–Crippen LogP) is 0.514. The molecule has 0 atom stereocenters. The van der Waals surface area contributed by atoms with Crippen molar-refractivity contribution in [2.24, 2.45) is 5.14 Å². The van der Waals surface area contributed by atoms with E-state index in [9.17, 15) is 13.2 Å². The first-order valence-corrected chi connectivity index (χ1v) is 5.82. The van der Waals surface area contributed by atoms with Crippen LogP contribution in [0.25, 0.3) is 10.9 Å². The summed E-state index contributed by atoms with van der Waals surface area (Å²) < 4.78 is 22.4. The highest BCUT2D eigenvalue weighted by Crippen LogP contribution is 2.24. The molecule has 0 aliphatic heterocycles. The van der Waals surface area contributed by atoms with Crippen LogP contribution >= 0.6 is 0 Å². The lowest BCUT2D eigenvalue weighted by atomic mass is 10.1. The number of primary sulfonamides is 1. The monoisotopic (exact) mass is 240 g/mol. The Morgan fingerprint density at radius 3 is 2.62 bits per heavy atom. The Kier molecular flexibility index (Phi) is 2.21. The topological polar surface area (TPSA) is 113 Å². The van der Waals surface area contributed by atoms with Crippen LogP contribution in [-0.4, -0.2) is 24.5 Å². The molecule has 0 saturated heterocycles. The second-order valence-corrected chi connectivity index (χ2v) is 4.76. The largest absolute Gasteiger partial charge is 0.478 e. The number of sulfonamides is 1. The number of nitrogens with two attached hydrogens (primary N) is 1. The van der Waals surface area contributed by atoms with Crippen molar-refractivity contribution in [3.05, 3.63) is 30.0 Å². The molecule has 2 aromatic rings. The third-order valence-corrected chi connectivity index (χ3v) is 3.17. The molecule has 0 aliphatic carbocycles. The number of carboxylic acids is 1. The van der Waals surface area contributed by atoms with Crippen LogP contribution in [0.1, 0.15) is 10.4 Å². The van der Waals surface area contributed by atoms with Gasteiger partial charge < -0.3 is 10.1 Å². The van der Waals surface area contributed by atoms with Gasteiger partial charge >= 0.3 is 5.97 Å². The molecular weight excluding hydrogens is 232 g/mol. The molecule has 84 valence electrons. The number of hydrogen-bond donors (Lipinski definition) is 3. The summed E-state index contributed by atoms with van der Waals surface area (Å²) in [5.74, 6) is -1.13. The number of carbonyl (C=O) groups is 1. The number of aromatic amines is 1. The zero-order chi connectivity index (χ0) is 11.9. The number of H-pyrrole nitrogens is 1. The van der Waals surface area contributed by atoms with E-state index in [1.165, 1.54) is 24.4 Å². The van der Waals surface area contributed by atoms with Gasteiger partial charge in [0.1, 0.15) is 4.90 Å². The molecule has 0 saturated carbocycles. The molecule has 0 spiro atoms. The standard InChI is InChI=1S/C9H8N2O4S/c10-16(14,15)7-4-11-8-5(7)2-1-3-6(8)9(12)13/h1-4,11H,(H,12,13)(H2,10,14,15). The van der Waals surface area contributed by atoms with Gasteiger partial charge in [0.25, 0.3) is 0 Å². The van der Waals surface area contributed by atoms with E-state index in [1.54, 1.807) is 0 Å². The van der Waals surface area contributed by atoms with Crippen LogP contribution in [0, 0.1) is 0 Å². The maximum atomic E-state index is 11.2. The first-order valence-electron chi connectivity index (χ1n) is 4.27. The van der Waals surface area contributed by atoms with Gasteiger partial charge in [-0.2, -0.15) is 0 Å². The highest BCUT2D eigenvalue weighted by atomic mass is 32.2. The Balaban J connectivity index is 2.87. The molecule has 0 fully saturated rings. The summed E-state index contributed by atoms with van der Waals surface area (Å²) in [6.07, 6.45) is 1.19. The minimum atomic E-state index is -3.85. The smallest absolute Gasteiger partial charge is 0.337 e. The van der Waals surface area contributed by atoms with Crippen LogP contribution in [0.3, 0.4) is 0 Å². The average Bonchev–Trinajstić information content (AvgIpc) is 2.59. The summed E-state index contributed by atoms with van der Waals surface area (Å²) in [5, 5.41) is 14.2. The van der Waals surface area contributed by atoms with Gasteiger partial charge in [-0.15, -0.1) is 0 Å². The summed E-state index contributed by atoms with van der Waals surface area (Å²) in [7, 11) is -3.85. The predicted molar refractivity (Wildman–Crippen MR) is 56.6 cm³/mol. The number of aromatic carboxylic acids is 1. The first kappa shape index (κ1) is 10.7. The fourth-order valence-electron chi connectivity index (χ4n) is 1.54. The van der Waals surface area contributed by atoms with E-state index in [-0.39, 0.29) is 21.4 Å². The van der Waals surface area contributed by atoms with Gasteiger partial charge in [0.2, 0.25) is 10.0 Å². The van der Waals surface area contributed by atoms with Gasteiger partial charge in [-0.05, 0) is 6.07 Å². The molecule has 16 heavy (non-hydrogen) atoms. The van der Waals surface area contributed by atoms with Crippen LogP contribution in [-0.2, 0) is 10.0 Å². The molecule has 2 rings (SSSR count). The van der Waals surface area contributed by atoms with Gasteiger partial charge in [-0.25, -0.2) is 18.4 Å². The Bertz CT molecular complexity index is 672. The van der Waals surface area contributed by atoms with Crippen molar-refractivity contribution in [1.82, 2.24) is 4.98 Å². The fraction of sp³-hybridized carbons (Fsp3) is 0. The van der Waals surface area contributed by atoms with Gasteiger partial charge in [0, 0.05) is 11.6 Å². The molecule has 0 aliphatic rings. The number of benzene rings is 1. The molecular formula is C9H8N2O4S. The molecule has 6 nitrogen and oxygen atoms in total. The lowest BCUT2D eigenvalue weighted by molar-refractivity contribution is 0.0699. The van der Waals surface area contributed by atoms with Gasteiger partial charge in [0.05, 0.1) is 11.1 Å². The third-order valence-electron chi connectivity index (χ3n) is 2.21. The summed E-state index contributed by atoms with van der Waals surface area (Å²) in [6.45, 7) is 0. The SMILES string of the molecule is NS(=O)(=O)c1c[nH]c2c(C(=O)O)cccc12. The van der Waals surface area contributed by atoms with Crippen molar-refractivity contribution in [2.75, 3.05) is 0 Å². The second kappa shape index (κ2) is 3.32. The highest BCUT2D eigenvalue weighted by molar-refractivity contribution is 7.89. The first-order chi connectivity index (χ1) is 7.41. The van der Waals surface area contributed by atoms with E-state index in [2.05, 4.69) is 4.98 Å². The lowest BCUT2D eigenvalue weighted by Gasteiger charge is -1.98. The van der Waals surface area contributed by atoms with Gasteiger partial charge in [-0.3, -0.25) is 0 Å². The van der Waals surface area contributed by atoms with E-state index in [0.717, 1.165) is 0 Å². The third kappa shape index (κ3) is 1.55. The number of para-hydroxylation sites is 1. The minimum absolute atomic E-state index is 0.00685. The molecule has 4 N–H and O–H groups in total. The zero-order valence-electron chi connectivity index (χ0n) is 7.97. The normalized spacial score (nSPS) is 11.8. The number of aromatic nitrogens is 1. The average molecular weight is 240 g/mol. The molecule has 0 amide bonds. The van der Waals surface area contributed by atoms with Gasteiger partial charge in [-0.1, -0.05) is 12.1 Å². The lowest BCUT2D eigenvalue weighted by Crippen LogP contribution is -2.11. The zero-order valence-corrected chi connectivity index (χ0v) is 8.78. The number of hydrogen-bond acceptors (Lipinski definition) is 3. The molecule has 7 heteroatoms. The van der Waals surface area contributed by atoms with E-state index in [1.807, 2.05) is 0 Å². The Morgan fingerprint density at radius 1 is 1.38 bits per heavy atom. The molecule has 1 heterocycles. The van der Waals surface area contributed by atoms with Crippen molar-refractivity contribution in [2.45, 2.75) is 4.90 Å². The molecule has 1 aromatic carbocycles. The van der Waals surface area contributed by atoms with E-state index < -0.39 is 16.0 Å². The van der Waals surface area contributed by atoms with E-state index in [0.29, 0.717) is 0 Å². The van der Waals surface area contributed by atoms with Crippen LogP contribution in [0.4, 0.5) is 0 Å². The van der Waals surface area contributed by atoms with Crippen molar-refractivity contribution >= 4 is 26.9 Å². The summed E-state index contributed by atoms with van der Waals surface area (Å²) in [6, 6.07) is 4.35. The quantitative estimate of drug-likeness (QED) is 0.709. The van der Waals surface area contributed by atoms with Gasteiger partial charge in [0.15, 0.2) is 0 Å². The van der Waals surface area contributed by atoms with Crippen LogP contribution in [0.2, 0.25) is 0 Å². The van der Waals surface area contributed by atoms with Crippen molar-refractivity contribution in [3.8, 4) is 0 Å². The molecule has 1 aromatic heterocycles. The number of rotatable bonds is 2. The van der Waals surface area contributed by atoms with Crippen LogP contribution in [0.5, 0.6) is 0 Å². The minimum Gasteiger partial charge on any atom is -0.478 e. The van der Waals surface area contributed by atoms with Crippen LogP contribution in [0.15, 0.2) is 29.3 Å².